The fourth-order valence-corrected chi connectivity index (χ4v) is 1.79. The molecule has 2 rings (SSSR count). The Morgan fingerprint density at radius 1 is 1.35 bits per heavy atom. The molecule has 0 aliphatic carbocycles. The zero-order valence-electron chi connectivity index (χ0n) is 9.21. The van der Waals surface area contributed by atoms with Gasteiger partial charge in [-0.15, -0.1) is 0 Å². The summed E-state index contributed by atoms with van der Waals surface area (Å²) in [4.78, 5) is 10.7. The van der Waals surface area contributed by atoms with Crippen molar-refractivity contribution in [2.75, 3.05) is 0 Å². The van der Waals surface area contributed by atoms with Crippen LogP contribution in [0.1, 0.15) is 6.42 Å². The zero-order valence-corrected chi connectivity index (χ0v) is 9.21. The molecule has 1 heterocycles. The molecule has 0 aliphatic rings. The van der Waals surface area contributed by atoms with Crippen molar-refractivity contribution in [3.63, 3.8) is 0 Å². The summed E-state index contributed by atoms with van der Waals surface area (Å²) in [7, 11) is -1.49. The second-order valence-electron chi connectivity index (χ2n) is 3.92. The van der Waals surface area contributed by atoms with Crippen LogP contribution in [0.25, 0.3) is 10.9 Å². The molecule has 1 amide bonds. The van der Waals surface area contributed by atoms with Gasteiger partial charge in [0.1, 0.15) is 0 Å². The largest absolute Gasteiger partial charge is 0.488 e. The fraction of sp³-hybridized carbons (Fsp3) is 0.182. The summed E-state index contributed by atoms with van der Waals surface area (Å²) in [6.07, 6.45) is 2.11. The van der Waals surface area contributed by atoms with Crippen molar-refractivity contribution in [2.45, 2.75) is 13.0 Å². The maximum absolute atomic E-state index is 10.7. The predicted molar refractivity (Wildman–Crippen MR) is 65.6 cm³/mol. The maximum Gasteiger partial charge on any atom is 0.488 e. The molecule has 0 atom stereocenters. The first kappa shape index (κ1) is 11.7. The molecule has 6 heteroatoms. The second-order valence-corrected chi connectivity index (χ2v) is 3.92. The zero-order chi connectivity index (χ0) is 12.4. The Balaban J connectivity index is 2.36. The Labute approximate surface area is 98.6 Å². The SMILES string of the molecule is NC(=O)CCn1ccc2ccc(B(O)O)cc21. The predicted octanol–water partition coefficient (Wildman–Crippen LogP) is -0.804. The van der Waals surface area contributed by atoms with Crippen LogP contribution in [0, 0.1) is 0 Å². The summed E-state index contributed by atoms with van der Waals surface area (Å²) in [6.45, 7) is 0.490. The highest BCUT2D eigenvalue weighted by molar-refractivity contribution is 6.58. The van der Waals surface area contributed by atoms with Gasteiger partial charge in [0.05, 0.1) is 0 Å². The van der Waals surface area contributed by atoms with Gasteiger partial charge in [0, 0.05) is 24.7 Å². The summed E-state index contributed by atoms with van der Waals surface area (Å²) in [6, 6.07) is 7.07. The van der Waals surface area contributed by atoms with Crippen LogP contribution in [0.2, 0.25) is 0 Å². The van der Waals surface area contributed by atoms with Crippen LogP contribution in [-0.2, 0) is 11.3 Å². The van der Waals surface area contributed by atoms with E-state index in [1.54, 1.807) is 12.1 Å². The number of fused-ring (bicyclic) bond motifs is 1. The number of hydrogen-bond donors (Lipinski definition) is 3. The lowest BCUT2D eigenvalue weighted by atomic mass is 9.80. The van der Waals surface area contributed by atoms with Gasteiger partial charge in [0.25, 0.3) is 0 Å². The van der Waals surface area contributed by atoms with Gasteiger partial charge in [-0.1, -0.05) is 12.1 Å². The van der Waals surface area contributed by atoms with Crippen molar-refractivity contribution in [2.24, 2.45) is 5.73 Å². The van der Waals surface area contributed by atoms with Crippen molar-refractivity contribution in [1.29, 1.82) is 0 Å². The molecule has 0 spiro atoms. The van der Waals surface area contributed by atoms with Crippen LogP contribution in [0.3, 0.4) is 0 Å². The number of carbonyl (C=O) groups excluding carboxylic acids is 1. The van der Waals surface area contributed by atoms with Gasteiger partial charge < -0.3 is 20.3 Å². The van der Waals surface area contributed by atoms with Crippen LogP contribution < -0.4 is 11.2 Å². The van der Waals surface area contributed by atoms with E-state index in [0.29, 0.717) is 12.0 Å². The highest BCUT2D eigenvalue weighted by Gasteiger charge is 2.12. The van der Waals surface area contributed by atoms with Crippen molar-refractivity contribution in [3.05, 3.63) is 30.5 Å². The van der Waals surface area contributed by atoms with E-state index in [4.69, 9.17) is 15.8 Å². The molecule has 0 aliphatic heterocycles. The van der Waals surface area contributed by atoms with Gasteiger partial charge in [-0.2, -0.15) is 0 Å². The first-order chi connectivity index (χ1) is 8.08. The molecule has 0 saturated carbocycles. The fourth-order valence-electron chi connectivity index (χ4n) is 1.79. The summed E-state index contributed by atoms with van der Waals surface area (Å²) >= 11 is 0. The lowest BCUT2D eigenvalue weighted by Crippen LogP contribution is -2.29. The van der Waals surface area contributed by atoms with E-state index < -0.39 is 7.12 Å². The number of benzene rings is 1. The average molecular weight is 232 g/mol. The van der Waals surface area contributed by atoms with Gasteiger partial charge in [0.2, 0.25) is 5.91 Å². The molecule has 5 nitrogen and oxygen atoms in total. The van der Waals surface area contributed by atoms with Crippen molar-refractivity contribution >= 4 is 29.4 Å². The number of carbonyl (C=O) groups is 1. The maximum atomic E-state index is 10.7. The highest BCUT2D eigenvalue weighted by atomic mass is 16.4. The van der Waals surface area contributed by atoms with Crippen molar-refractivity contribution < 1.29 is 14.8 Å². The lowest BCUT2D eigenvalue weighted by molar-refractivity contribution is -0.118. The lowest BCUT2D eigenvalue weighted by Gasteiger charge is -2.05. The van der Waals surface area contributed by atoms with E-state index in [-0.39, 0.29) is 12.3 Å². The van der Waals surface area contributed by atoms with Gasteiger partial charge >= 0.3 is 7.12 Å². The Hall–Kier alpha value is -1.79. The molecule has 0 unspecified atom stereocenters. The topological polar surface area (TPSA) is 88.5 Å². The molecule has 0 fully saturated rings. The Kier molecular flexibility index (Phi) is 3.17. The monoisotopic (exact) mass is 232 g/mol. The number of hydrogen-bond acceptors (Lipinski definition) is 3. The molecule has 17 heavy (non-hydrogen) atoms. The molecule has 88 valence electrons. The molecular formula is C11H13BN2O3. The quantitative estimate of drug-likeness (QED) is 0.602. The minimum Gasteiger partial charge on any atom is -0.423 e. The minimum atomic E-state index is -1.49. The Bertz CT molecular complexity index is 551. The number of nitrogens with zero attached hydrogens (tertiary/aromatic N) is 1. The third kappa shape index (κ3) is 2.48. The molecule has 4 N–H and O–H groups in total. The summed E-state index contributed by atoms with van der Waals surface area (Å²) in [5.41, 5.74) is 6.38. The van der Waals surface area contributed by atoms with Crippen molar-refractivity contribution in [3.8, 4) is 0 Å². The summed E-state index contributed by atoms with van der Waals surface area (Å²) < 4.78 is 1.87. The van der Waals surface area contributed by atoms with Crippen LogP contribution in [0.4, 0.5) is 0 Å². The van der Waals surface area contributed by atoms with E-state index in [0.717, 1.165) is 10.9 Å². The van der Waals surface area contributed by atoms with Gasteiger partial charge in [-0.3, -0.25) is 4.79 Å². The van der Waals surface area contributed by atoms with E-state index >= 15 is 0 Å². The number of rotatable bonds is 4. The van der Waals surface area contributed by atoms with Gasteiger partial charge in [-0.05, 0) is 23.0 Å². The number of nitrogens with two attached hydrogens (primary N) is 1. The molecule has 2 aromatic rings. The molecule has 1 aromatic heterocycles. The Morgan fingerprint density at radius 3 is 2.76 bits per heavy atom. The summed E-state index contributed by atoms with van der Waals surface area (Å²) in [5, 5.41) is 19.2. The van der Waals surface area contributed by atoms with Crippen LogP contribution in [0.5, 0.6) is 0 Å². The van der Waals surface area contributed by atoms with E-state index in [9.17, 15) is 4.79 Å². The number of aromatic nitrogens is 1. The molecular weight excluding hydrogens is 219 g/mol. The molecule has 0 radical (unpaired) electrons. The van der Waals surface area contributed by atoms with Crippen LogP contribution in [-0.4, -0.2) is 27.6 Å². The second kappa shape index (κ2) is 4.61. The normalized spacial score (nSPS) is 10.7. The van der Waals surface area contributed by atoms with Crippen LogP contribution in [0.15, 0.2) is 30.5 Å². The average Bonchev–Trinajstić information content (AvgIpc) is 2.68. The Morgan fingerprint density at radius 2 is 2.12 bits per heavy atom. The molecule has 0 bridgehead atoms. The third-order valence-corrected chi connectivity index (χ3v) is 2.70. The standard InChI is InChI=1S/C11H13BN2O3/c13-11(15)4-6-14-5-3-8-1-2-9(12(16)17)7-10(8)14/h1-3,5,7,16-17H,4,6H2,(H2,13,15). The van der Waals surface area contributed by atoms with E-state index in [2.05, 4.69) is 0 Å². The first-order valence-electron chi connectivity index (χ1n) is 5.31. The first-order valence-corrected chi connectivity index (χ1v) is 5.31. The molecule has 0 saturated heterocycles. The van der Waals surface area contributed by atoms with Crippen molar-refractivity contribution in [1.82, 2.24) is 4.57 Å². The molecule has 1 aromatic carbocycles. The number of amides is 1. The van der Waals surface area contributed by atoms with E-state index in [1.165, 1.54) is 0 Å². The third-order valence-electron chi connectivity index (χ3n) is 2.70. The van der Waals surface area contributed by atoms with E-state index in [1.807, 2.05) is 22.9 Å². The number of primary amides is 1. The van der Waals surface area contributed by atoms with Gasteiger partial charge in [-0.25, -0.2) is 0 Å². The van der Waals surface area contributed by atoms with Gasteiger partial charge in [0.15, 0.2) is 0 Å². The smallest absolute Gasteiger partial charge is 0.423 e. The highest BCUT2D eigenvalue weighted by Crippen LogP contribution is 2.14. The van der Waals surface area contributed by atoms with Crippen LogP contribution >= 0.6 is 0 Å². The number of aryl methyl sites for hydroxylation is 1. The summed E-state index contributed by atoms with van der Waals surface area (Å²) in [5.74, 6) is -0.356. The minimum absolute atomic E-state index is 0.260.